The number of nitrogens with one attached hydrogen (secondary N) is 1. The molecule has 8 heteroatoms. The average Bonchev–Trinajstić information content (AvgIpc) is 2.73. The second-order valence-electron chi connectivity index (χ2n) is 7.14. The highest BCUT2D eigenvalue weighted by Crippen LogP contribution is 2.24. The molecule has 0 aromatic heterocycles. The van der Waals surface area contributed by atoms with E-state index in [-0.39, 0.29) is 11.3 Å². The second-order valence-corrected chi connectivity index (χ2v) is 9.04. The van der Waals surface area contributed by atoms with Crippen molar-refractivity contribution in [1.82, 2.24) is 9.62 Å². The number of carbonyl (C=O) groups is 1. The molecule has 0 bridgehead atoms. The summed E-state index contributed by atoms with van der Waals surface area (Å²) in [5, 5.41) is 12.0. The van der Waals surface area contributed by atoms with Gasteiger partial charge >= 0.3 is 0 Å². The molecule has 0 saturated carbocycles. The molecule has 0 unspecified atom stereocenters. The molecule has 2 aromatic carbocycles. The zero-order valence-electron chi connectivity index (χ0n) is 16.1. The van der Waals surface area contributed by atoms with Crippen LogP contribution in [0.3, 0.4) is 0 Å². The van der Waals surface area contributed by atoms with E-state index in [0.29, 0.717) is 26.1 Å². The molecule has 2 aromatic rings. The molecular formula is C21H25FN2O4S. The maximum atomic E-state index is 14.3. The molecule has 3 rings (SSSR count). The summed E-state index contributed by atoms with van der Waals surface area (Å²) in [4.78, 5) is 11.9. The predicted octanol–water partition coefficient (Wildman–Crippen LogP) is 3.07. The van der Waals surface area contributed by atoms with Crippen LogP contribution in [0.15, 0.2) is 47.4 Å². The van der Waals surface area contributed by atoms with Gasteiger partial charge in [-0.15, -0.1) is 0 Å². The molecule has 0 aliphatic carbocycles. The van der Waals surface area contributed by atoms with Gasteiger partial charge in [0, 0.05) is 25.2 Å². The maximum Gasteiger partial charge on any atom is 0.251 e. The van der Waals surface area contributed by atoms with Crippen molar-refractivity contribution in [1.29, 1.82) is 0 Å². The van der Waals surface area contributed by atoms with Gasteiger partial charge in [-0.25, -0.2) is 12.8 Å². The quantitative estimate of drug-likeness (QED) is 0.674. The number of aryl methyl sites for hydroxylation is 1. The lowest BCUT2D eigenvalue weighted by atomic mass is 10.1. The lowest BCUT2D eigenvalue weighted by molar-refractivity contribution is 0.0953. The van der Waals surface area contributed by atoms with Crippen molar-refractivity contribution in [3.8, 4) is 5.75 Å². The zero-order chi connectivity index (χ0) is 20.9. The summed E-state index contributed by atoms with van der Waals surface area (Å²) < 4.78 is 41.1. The maximum absolute atomic E-state index is 14.3. The minimum absolute atomic E-state index is 0.117. The van der Waals surface area contributed by atoms with Gasteiger partial charge in [0.15, 0.2) is 0 Å². The van der Waals surface area contributed by atoms with E-state index < -0.39 is 26.6 Å². The Morgan fingerprint density at radius 3 is 2.45 bits per heavy atom. The summed E-state index contributed by atoms with van der Waals surface area (Å²) in [5.74, 6) is -1.08. The predicted molar refractivity (Wildman–Crippen MR) is 108 cm³/mol. The number of phenolic OH excluding ortho intramolecular Hbond substituents is 1. The third kappa shape index (κ3) is 5.33. The van der Waals surface area contributed by atoms with Crippen LogP contribution in [-0.4, -0.2) is 43.4 Å². The molecule has 0 spiro atoms. The number of piperidine rings is 1. The van der Waals surface area contributed by atoms with Crippen LogP contribution >= 0.6 is 0 Å². The van der Waals surface area contributed by atoms with Crippen molar-refractivity contribution in [3.63, 3.8) is 0 Å². The molecule has 1 fully saturated rings. The van der Waals surface area contributed by atoms with Gasteiger partial charge < -0.3 is 10.4 Å². The minimum atomic E-state index is -3.96. The highest BCUT2D eigenvalue weighted by molar-refractivity contribution is 7.89. The minimum Gasteiger partial charge on any atom is -0.508 e. The number of sulfonamides is 1. The summed E-state index contributed by atoms with van der Waals surface area (Å²) >= 11 is 0. The van der Waals surface area contributed by atoms with Crippen molar-refractivity contribution >= 4 is 15.9 Å². The van der Waals surface area contributed by atoms with Gasteiger partial charge in [0.05, 0.1) is 0 Å². The van der Waals surface area contributed by atoms with Gasteiger partial charge in [-0.05, 0) is 61.6 Å². The van der Waals surface area contributed by atoms with Crippen LogP contribution in [0, 0.1) is 5.82 Å². The molecule has 2 N–H and O–H groups in total. The number of nitrogens with zero attached hydrogens (tertiary/aromatic N) is 1. The number of phenols is 1. The van der Waals surface area contributed by atoms with E-state index in [2.05, 4.69) is 5.32 Å². The summed E-state index contributed by atoms with van der Waals surface area (Å²) in [6.07, 6.45) is 3.86. The number of hydrogen-bond acceptors (Lipinski definition) is 4. The number of carbonyl (C=O) groups excluding carboxylic acids is 1. The van der Waals surface area contributed by atoms with Gasteiger partial charge in [0.25, 0.3) is 5.91 Å². The first-order valence-corrected chi connectivity index (χ1v) is 11.2. The van der Waals surface area contributed by atoms with Crippen molar-refractivity contribution in [2.24, 2.45) is 0 Å². The number of halogens is 1. The largest absolute Gasteiger partial charge is 0.508 e. The molecular weight excluding hydrogens is 395 g/mol. The van der Waals surface area contributed by atoms with E-state index in [0.717, 1.165) is 43.4 Å². The second kappa shape index (κ2) is 9.37. The normalized spacial score (nSPS) is 15.2. The summed E-state index contributed by atoms with van der Waals surface area (Å²) in [7, 11) is -3.96. The molecule has 1 aliphatic heterocycles. The first kappa shape index (κ1) is 21.3. The fourth-order valence-corrected chi connectivity index (χ4v) is 4.95. The van der Waals surface area contributed by atoms with Crippen LogP contribution in [0.1, 0.15) is 41.6 Å². The number of rotatable bonds is 7. The molecule has 156 valence electrons. The zero-order valence-corrected chi connectivity index (χ0v) is 16.9. The van der Waals surface area contributed by atoms with Crippen molar-refractivity contribution < 1.29 is 22.7 Å². The number of benzene rings is 2. The Morgan fingerprint density at radius 2 is 1.76 bits per heavy atom. The molecule has 1 saturated heterocycles. The molecule has 1 amide bonds. The molecule has 6 nitrogen and oxygen atoms in total. The molecule has 0 radical (unpaired) electrons. The van der Waals surface area contributed by atoms with Gasteiger partial charge in [-0.3, -0.25) is 4.79 Å². The van der Waals surface area contributed by atoms with E-state index in [1.54, 1.807) is 12.1 Å². The van der Waals surface area contributed by atoms with Crippen LogP contribution in [-0.2, 0) is 16.4 Å². The lowest BCUT2D eigenvalue weighted by Gasteiger charge is -2.26. The number of aromatic hydroxyl groups is 1. The van der Waals surface area contributed by atoms with Crippen molar-refractivity contribution in [2.45, 2.75) is 37.0 Å². The Bertz CT molecular complexity index is 955. The van der Waals surface area contributed by atoms with E-state index in [1.807, 2.05) is 12.1 Å². The topological polar surface area (TPSA) is 86.7 Å². The summed E-state index contributed by atoms with van der Waals surface area (Å²) in [6.45, 7) is 1.14. The lowest BCUT2D eigenvalue weighted by Crippen LogP contribution is -2.36. The number of hydrogen-bond donors (Lipinski definition) is 2. The molecule has 1 heterocycles. The van der Waals surface area contributed by atoms with E-state index in [4.69, 9.17) is 0 Å². The molecule has 0 atom stereocenters. The standard InChI is InChI=1S/C21H25FN2O4S/c22-19-11-8-17(15-20(19)29(27,28)24-13-2-1-3-14-24)21(26)23-12-4-5-16-6-9-18(25)10-7-16/h6-11,15,25H,1-5,12-14H2,(H,23,26). The molecule has 29 heavy (non-hydrogen) atoms. The van der Waals surface area contributed by atoms with Crippen LogP contribution in [0.25, 0.3) is 0 Å². The monoisotopic (exact) mass is 420 g/mol. The van der Waals surface area contributed by atoms with E-state index in [1.165, 1.54) is 10.4 Å². The smallest absolute Gasteiger partial charge is 0.251 e. The third-order valence-electron chi connectivity index (χ3n) is 4.99. The SMILES string of the molecule is O=C(NCCCc1ccc(O)cc1)c1ccc(F)c(S(=O)(=O)N2CCCCC2)c1. The first-order chi connectivity index (χ1) is 13.9. The average molecular weight is 421 g/mol. The van der Waals surface area contributed by atoms with Crippen molar-refractivity contribution in [2.75, 3.05) is 19.6 Å². The fourth-order valence-electron chi connectivity index (χ4n) is 3.35. The first-order valence-electron chi connectivity index (χ1n) is 9.74. The van der Waals surface area contributed by atoms with Gasteiger partial charge in [-0.1, -0.05) is 18.6 Å². The van der Waals surface area contributed by atoms with Crippen LogP contribution in [0.2, 0.25) is 0 Å². The van der Waals surface area contributed by atoms with E-state index >= 15 is 0 Å². The third-order valence-corrected chi connectivity index (χ3v) is 6.90. The Balaban J connectivity index is 1.62. The van der Waals surface area contributed by atoms with Crippen molar-refractivity contribution in [3.05, 3.63) is 59.4 Å². The van der Waals surface area contributed by atoms with Crippen LogP contribution in [0.5, 0.6) is 5.75 Å². The Labute approximate surface area is 170 Å². The Morgan fingerprint density at radius 1 is 1.07 bits per heavy atom. The Kier molecular flexibility index (Phi) is 6.87. The summed E-state index contributed by atoms with van der Waals surface area (Å²) in [5.41, 5.74) is 1.15. The summed E-state index contributed by atoms with van der Waals surface area (Å²) in [6, 6.07) is 10.3. The van der Waals surface area contributed by atoms with Crippen LogP contribution in [0.4, 0.5) is 4.39 Å². The van der Waals surface area contributed by atoms with E-state index in [9.17, 15) is 22.7 Å². The van der Waals surface area contributed by atoms with Gasteiger partial charge in [-0.2, -0.15) is 4.31 Å². The number of amides is 1. The van der Waals surface area contributed by atoms with Gasteiger partial charge in [0.2, 0.25) is 10.0 Å². The fraction of sp³-hybridized carbons (Fsp3) is 0.381. The van der Waals surface area contributed by atoms with Gasteiger partial charge in [0.1, 0.15) is 16.5 Å². The molecule has 1 aliphatic rings. The Hall–Kier alpha value is -2.45. The van der Waals surface area contributed by atoms with Crippen LogP contribution < -0.4 is 5.32 Å². The highest BCUT2D eigenvalue weighted by Gasteiger charge is 2.29. The highest BCUT2D eigenvalue weighted by atomic mass is 32.2.